The van der Waals surface area contributed by atoms with Crippen LogP contribution in [0.3, 0.4) is 0 Å². The molecule has 0 unspecified atom stereocenters. The number of ether oxygens (including phenoxy) is 1. The summed E-state index contributed by atoms with van der Waals surface area (Å²) in [5, 5.41) is 12.8. The van der Waals surface area contributed by atoms with E-state index in [1.54, 1.807) is 42.5 Å². The van der Waals surface area contributed by atoms with Crippen LogP contribution in [0.25, 0.3) is 22.2 Å². The van der Waals surface area contributed by atoms with E-state index in [9.17, 15) is 19.2 Å². The molecule has 0 bridgehead atoms. The van der Waals surface area contributed by atoms with Crippen LogP contribution in [0.2, 0.25) is 0 Å². The number of fused-ring (bicyclic) bond motifs is 1. The van der Waals surface area contributed by atoms with Gasteiger partial charge in [-0.2, -0.15) is 5.26 Å². The minimum atomic E-state index is -0.888. The zero-order valence-corrected chi connectivity index (χ0v) is 17.4. The number of carbonyl (C=O) groups excluding carboxylic acids is 2. The molecule has 0 aliphatic heterocycles. The molecule has 1 heterocycles. The van der Waals surface area contributed by atoms with Crippen LogP contribution in [0.4, 0.5) is 4.39 Å². The number of hydrogen-bond acceptors (Lipinski definition) is 5. The van der Waals surface area contributed by atoms with Crippen molar-refractivity contribution in [1.82, 2.24) is 10.3 Å². The molecule has 32 heavy (non-hydrogen) atoms. The molecule has 1 saturated carbocycles. The number of benzene rings is 2. The van der Waals surface area contributed by atoms with Crippen molar-refractivity contribution in [2.45, 2.75) is 37.6 Å². The Hall–Kier alpha value is -3.79. The Morgan fingerprint density at radius 3 is 2.53 bits per heavy atom. The third kappa shape index (κ3) is 4.59. The minimum Gasteiger partial charge on any atom is -0.452 e. The molecule has 2 aromatic carbocycles. The van der Waals surface area contributed by atoms with E-state index in [2.05, 4.69) is 16.4 Å². The van der Waals surface area contributed by atoms with Gasteiger partial charge >= 0.3 is 5.97 Å². The van der Waals surface area contributed by atoms with Gasteiger partial charge in [-0.15, -0.1) is 0 Å². The second-order valence-electron chi connectivity index (χ2n) is 7.96. The number of carbonyl (C=O) groups is 2. The third-order valence-corrected chi connectivity index (χ3v) is 5.71. The van der Waals surface area contributed by atoms with Gasteiger partial charge in [0.05, 0.1) is 22.8 Å². The monoisotopic (exact) mass is 431 g/mol. The molecule has 0 spiro atoms. The first-order valence-electron chi connectivity index (χ1n) is 10.5. The fourth-order valence-electron chi connectivity index (χ4n) is 4.04. The van der Waals surface area contributed by atoms with Gasteiger partial charge in [0.2, 0.25) is 0 Å². The Morgan fingerprint density at radius 1 is 1.09 bits per heavy atom. The lowest BCUT2D eigenvalue weighted by molar-refractivity contribution is -0.125. The molecule has 0 atom stereocenters. The molecule has 1 amide bonds. The van der Waals surface area contributed by atoms with Gasteiger partial charge in [-0.25, -0.2) is 14.2 Å². The number of para-hydroxylation sites is 1. The Balaban J connectivity index is 1.54. The van der Waals surface area contributed by atoms with Crippen LogP contribution in [0.1, 0.15) is 42.5 Å². The SMILES string of the molecule is N#CC1(NC(=O)COC(=O)c2cc(-c3ccc(F)cc3)nc3ccccc23)CCCCC1. The topological polar surface area (TPSA) is 92.1 Å². The van der Waals surface area contributed by atoms with Gasteiger partial charge in [-0.3, -0.25) is 4.79 Å². The molecule has 1 aromatic heterocycles. The van der Waals surface area contributed by atoms with E-state index in [-0.39, 0.29) is 11.4 Å². The number of hydrogen-bond donors (Lipinski definition) is 1. The van der Waals surface area contributed by atoms with Gasteiger partial charge in [0.25, 0.3) is 5.91 Å². The molecular weight excluding hydrogens is 409 g/mol. The Labute approximate surface area is 185 Å². The summed E-state index contributed by atoms with van der Waals surface area (Å²) in [5.41, 5.74) is 1.09. The highest BCUT2D eigenvalue weighted by Crippen LogP contribution is 2.28. The van der Waals surface area contributed by atoms with Crippen molar-refractivity contribution in [3.63, 3.8) is 0 Å². The Morgan fingerprint density at radius 2 is 1.81 bits per heavy atom. The summed E-state index contributed by atoms with van der Waals surface area (Å²) in [6, 6.07) is 16.7. The molecule has 0 saturated heterocycles. The first-order valence-corrected chi connectivity index (χ1v) is 10.5. The number of rotatable bonds is 5. The first-order chi connectivity index (χ1) is 15.5. The largest absolute Gasteiger partial charge is 0.452 e. The fourth-order valence-corrected chi connectivity index (χ4v) is 4.04. The average Bonchev–Trinajstić information content (AvgIpc) is 2.83. The van der Waals surface area contributed by atoms with Crippen molar-refractivity contribution < 1.29 is 18.7 Å². The molecular formula is C25H22FN3O3. The summed E-state index contributed by atoms with van der Waals surface area (Å²) in [5.74, 6) is -1.54. The van der Waals surface area contributed by atoms with E-state index in [0.717, 1.165) is 19.3 Å². The van der Waals surface area contributed by atoms with E-state index in [4.69, 9.17) is 4.74 Å². The molecule has 3 aromatic rings. The van der Waals surface area contributed by atoms with Gasteiger partial charge in [0.15, 0.2) is 6.61 Å². The van der Waals surface area contributed by atoms with Crippen molar-refractivity contribution >= 4 is 22.8 Å². The number of nitrogens with zero attached hydrogens (tertiary/aromatic N) is 2. The van der Waals surface area contributed by atoms with Crippen LogP contribution in [-0.2, 0) is 9.53 Å². The molecule has 4 rings (SSSR count). The van der Waals surface area contributed by atoms with Gasteiger partial charge in [-0.05, 0) is 49.2 Å². The molecule has 1 aliphatic rings. The molecule has 6 nitrogen and oxygen atoms in total. The molecule has 1 aliphatic carbocycles. The van der Waals surface area contributed by atoms with Crippen LogP contribution in [0.5, 0.6) is 0 Å². The van der Waals surface area contributed by atoms with Crippen molar-refractivity contribution in [3.05, 3.63) is 66.0 Å². The van der Waals surface area contributed by atoms with Crippen LogP contribution < -0.4 is 5.32 Å². The normalized spacial score (nSPS) is 15.0. The number of amides is 1. The number of nitrogens with one attached hydrogen (secondary N) is 1. The third-order valence-electron chi connectivity index (χ3n) is 5.71. The van der Waals surface area contributed by atoms with Crippen molar-refractivity contribution in [1.29, 1.82) is 5.26 Å². The van der Waals surface area contributed by atoms with Gasteiger partial charge in [0, 0.05) is 10.9 Å². The van der Waals surface area contributed by atoms with Crippen molar-refractivity contribution in [3.8, 4) is 17.3 Å². The van der Waals surface area contributed by atoms with Crippen LogP contribution in [-0.4, -0.2) is 29.0 Å². The predicted octanol–water partition coefficient (Wildman–Crippen LogP) is 4.54. The lowest BCUT2D eigenvalue weighted by Gasteiger charge is -2.31. The van der Waals surface area contributed by atoms with Gasteiger partial charge in [-0.1, -0.05) is 37.5 Å². The first kappa shape index (κ1) is 21.4. The second kappa shape index (κ2) is 9.15. The maximum Gasteiger partial charge on any atom is 0.339 e. The zero-order chi connectivity index (χ0) is 22.6. The highest BCUT2D eigenvalue weighted by Gasteiger charge is 2.33. The second-order valence-corrected chi connectivity index (χ2v) is 7.96. The van der Waals surface area contributed by atoms with E-state index in [1.807, 2.05) is 0 Å². The molecule has 162 valence electrons. The summed E-state index contributed by atoms with van der Waals surface area (Å²) in [6.45, 7) is -0.481. The maximum absolute atomic E-state index is 13.3. The number of halogens is 1. The Kier molecular flexibility index (Phi) is 6.13. The maximum atomic E-state index is 13.3. The lowest BCUT2D eigenvalue weighted by Crippen LogP contribution is -2.50. The van der Waals surface area contributed by atoms with E-state index < -0.39 is 24.0 Å². The number of pyridine rings is 1. The molecule has 7 heteroatoms. The summed E-state index contributed by atoms with van der Waals surface area (Å²) < 4.78 is 18.6. The number of esters is 1. The smallest absolute Gasteiger partial charge is 0.339 e. The van der Waals surface area contributed by atoms with E-state index in [1.165, 1.54) is 12.1 Å². The quantitative estimate of drug-likeness (QED) is 0.599. The lowest BCUT2D eigenvalue weighted by atomic mass is 9.83. The van der Waals surface area contributed by atoms with E-state index >= 15 is 0 Å². The van der Waals surface area contributed by atoms with Gasteiger partial charge < -0.3 is 10.1 Å². The van der Waals surface area contributed by atoms with Gasteiger partial charge in [0.1, 0.15) is 11.4 Å². The molecule has 1 N–H and O–H groups in total. The van der Waals surface area contributed by atoms with E-state index in [0.29, 0.717) is 35.0 Å². The standard InChI is InChI=1S/C25H22FN3O3/c26-18-10-8-17(9-11-18)22-14-20(19-6-2-3-7-21(19)28-22)24(31)32-15-23(30)29-25(16-27)12-4-1-5-13-25/h2-3,6-11,14H,1,4-5,12-13,15H2,(H,29,30). The number of nitriles is 1. The van der Waals surface area contributed by atoms with Crippen LogP contribution >= 0.6 is 0 Å². The Bertz CT molecular complexity index is 1200. The number of aromatic nitrogens is 1. The molecule has 1 fully saturated rings. The van der Waals surface area contributed by atoms with Crippen LogP contribution in [0, 0.1) is 17.1 Å². The predicted molar refractivity (Wildman–Crippen MR) is 117 cm³/mol. The van der Waals surface area contributed by atoms with Crippen molar-refractivity contribution in [2.75, 3.05) is 6.61 Å². The summed E-state index contributed by atoms with van der Waals surface area (Å²) in [4.78, 5) is 29.9. The average molecular weight is 431 g/mol. The highest BCUT2D eigenvalue weighted by molar-refractivity contribution is 6.05. The van der Waals surface area contributed by atoms with Crippen LogP contribution in [0.15, 0.2) is 54.6 Å². The minimum absolute atomic E-state index is 0.260. The summed E-state index contributed by atoms with van der Waals surface area (Å²) in [7, 11) is 0. The molecule has 0 radical (unpaired) electrons. The highest BCUT2D eigenvalue weighted by atomic mass is 19.1. The summed E-state index contributed by atoms with van der Waals surface area (Å²) >= 11 is 0. The summed E-state index contributed by atoms with van der Waals surface area (Å²) in [6.07, 6.45) is 3.99. The van der Waals surface area contributed by atoms with Crippen molar-refractivity contribution in [2.24, 2.45) is 0 Å². The zero-order valence-electron chi connectivity index (χ0n) is 17.4. The fraction of sp³-hybridized carbons (Fsp3) is 0.280.